The number of thioether (sulfide) groups is 1. The van der Waals surface area contributed by atoms with E-state index >= 15 is 0 Å². The lowest BCUT2D eigenvalue weighted by molar-refractivity contribution is 0.179. The minimum atomic E-state index is 0.136. The summed E-state index contributed by atoms with van der Waals surface area (Å²) in [6.45, 7) is 0.644. The summed E-state index contributed by atoms with van der Waals surface area (Å²) < 4.78 is 5.08. The Labute approximate surface area is 88.8 Å². The summed E-state index contributed by atoms with van der Waals surface area (Å²) in [6, 6.07) is 8.65. The fourth-order valence-corrected chi connectivity index (χ4v) is 3.05. The number of hydrogen-bond acceptors (Lipinski definition) is 3. The van der Waals surface area contributed by atoms with Crippen LogP contribution in [0.5, 0.6) is 0 Å². The number of hydrogen-bond donors (Lipinski definition) is 1. The van der Waals surface area contributed by atoms with E-state index in [0.717, 1.165) is 6.42 Å². The van der Waals surface area contributed by atoms with E-state index in [1.807, 2.05) is 11.8 Å². The van der Waals surface area contributed by atoms with Crippen molar-refractivity contribution in [3.63, 3.8) is 0 Å². The average molecular weight is 209 g/mol. The summed E-state index contributed by atoms with van der Waals surface area (Å²) >= 11 is 1.88. The minimum absolute atomic E-state index is 0.136. The molecule has 0 bridgehead atoms. The molecule has 0 aromatic heterocycles. The second kappa shape index (κ2) is 4.34. The van der Waals surface area contributed by atoms with Crippen LogP contribution in [0, 0.1) is 0 Å². The van der Waals surface area contributed by atoms with E-state index < -0.39 is 0 Å². The van der Waals surface area contributed by atoms with E-state index in [4.69, 9.17) is 10.5 Å². The van der Waals surface area contributed by atoms with E-state index in [1.54, 1.807) is 7.11 Å². The molecule has 1 aliphatic rings. The van der Waals surface area contributed by atoms with Crippen molar-refractivity contribution in [2.24, 2.45) is 5.73 Å². The smallest absolute Gasteiger partial charge is 0.0624 e. The molecule has 2 atom stereocenters. The summed E-state index contributed by atoms with van der Waals surface area (Å²) in [7, 11) is 1.70. The van der Waals surface area contributed by atoms with Crippen LogP contribution in [0.2, 0.25) is 0 Å². The molecular weight excluding hydrogens is 194 g/mol. The molecule has 0 aliphatic carbocycles. The molecule has 0 amide bonds. The van der Waals surface area contributed by atoms with Gasteiger partial charge in [-0.2, -0.15) is 0 Å². The molecule has 3 heteroatoms. The van der Waals surface area contributed by atoms with E-state index in [0.29, 0.717) is 11.9 Å². The molecule has 1 aromatic carbocycles. The number of ether oxygens (including phenoxy) is 1. The highest BCUT2D eigenvalue weighted by Gasteiger charge is 2.26. The first-order chi connectivity index (χ1) is 6.81. The maximum atomic E-state index is 6.02. The van der Waals surface area contributed by atoms with Crippen LogP contribution >= 0.6 is 11.8 Å². The van der Waals surface area contributed by atoms with Crippen LogP contribution < -0.4 is 5.73 Å². The largest absolute Gasteiger partial charge is 0.383 e. The summed E-state index contributed by atoms with van der Waals surface area (Å²) in [4.78, 5) is 1.38. The van der Waals surface area contributed by atoms with E-state index in [1.165, 1.54) is 10.5 Å². The van der Waals surface area contributed by atoms with Crippen LogP contribution in [0.1, 0.15) is 5.56 Å². The summed E-state index contributed by atoms with van der Waals surface area (Å²) in [5, 5.41) is 0.479. The maximum Gasteiger partial charge on any atom is 0.0624 e. The average Bonchev–Trinajstić information content (AvgIpc) is 2.61. The van der Waals surface area contributed by atoms with Gasteiger partial charge in [-0.3, -0.25) is 0 Å². The lowest BCUT2D eigenvalue weighted by Crippen LogP contribution is -2.36. The molecule has 2 rings (SSSR count). The third-order valence-corrected chi connectivity index (χ3v) is 3.98. The Morgan fingerprint density at radius 2 is 2.36 bits per heavy atom. The monoisotopic (exact) mass is 209 g/mol. The van der Waals surface area contributed by atoms with Crippen molar-refractivity contribution in [3.05, 3.63) is 29.8 Å². The fraction of sp³-hybridized carbons (Fsp3) is 0.455. The summed E-state index contributed by atoms with van der Waals surface area (Å²) in [5.41, 5.74) is 7.45. The van der Waals surface area contributed by atoms with E-state index in [-0.39, 0.29) is 6.04 Å². The predicted octanol–water partition coefficient (Wildman–Crippen LogP) is 1.68. The van der Waals surface area contributed by atoms with Crippen LogP contribution in [-0.4, -0.2) is 25.0 Å². The quantitative estimate of drug-likeness (QED) is 0.822. The van der Waals surface area contributed by atoms with Gasteiger partial charge in [0.15, 0.2) is 0 Å². The molecule has 1 aliphatic heterocycles. The highest BCUT2D eigenvalue weighted by Crippen LogP contribution is 2.37. The Kier molecular flexibility index (Phi) is 3.11. The van der Waals surface area contributed by atoms with Crippen molar-refractivity contribution >= 4 is 11.8 Å². The molecule has 2 N–H and O–H groups in total. The summed E-state index contributed by atoms with van der Waals surface area (Å²) in [6.07, 6.45) is 1.07. The van der Waals surface area contributed by atoms with Crippen LogP contribution in [0.3, 0.4) is 0 Å². The second-order valence-corrected chi connectivity index (χ2v) is 4.87. The normalized spacial score (nSPS) is 22.0. The second-order valence-electron chi connectivity index (χ2n) is 3.59. The number of nitrogens with two attached hydrogens (primary N) is 1. The number of methoxy groups -OCH3 is 1. The zero-order valence-electron chi connectivity index (χ0n) is 8.27. The van der Waals surface area contributed by atoms with Crippen LogP contribution in [0.15, 0.2) is 29.2 Å². The summed E-state index contributed by atoms with van der Waals surface area (Å²) in [5.74, 6) is 0. The molecular formula is C11H15NOS. The van der Waals surface area contributed by atoms with Gasteiger partial charge >= 0.3 is 0 Å². The first-order valence-electron chi connectivity index (χ1n) is 4.80. The maximum absolute atomic E-state index is 6.02. The molecule has 14 heavy (non-hydrogen) atoms. The van der Waals surface area contributed by atoms with E-state index in [9.17, 15) is 0 Å². The number of benzene rings is 1. The molecule has 1 heterocycles. The fourth-order valence-electron chi connectivity index (χ4n) is 1.75. The highest BCUT2D eigenvalue weighted by atomic mass is 32.2. The van der Waals surface area contributed by atoms with E-state index in [2.05, 4.69) is 24.3 Å². The molecule has 76 valence electrons. The molecule has 0 fully saturated rings. The zero-order chi connectivity index (χ0) is 9.97. The van der Waals surface area contributed by atoms with Gasteiger partial charge in [0.2, 0.25) is 0 Å². The molecule has 2 nitrogen and oxygen atoms in total. The Balaban J connectivity index is 2.04. The van der Waals surface area contributed by atoms with Gasteiger partial charge in [-0.1, -0.05) is 18.2 Å². The zero-order valence-corrected chi connectivity index (χ0v) is 9.09. The molecule has 0 radical (unpaired) electrons. The third-order valence-electron chi connectivity index (χ3n) is 2.51. The van der Waals surface area contributed by atoms with Gasteiger partial charge in [0, 0.05) is 23.3 Å². The molecule has 0 spiro atoms. The Morgan fingerprint density at radius 1 is 1.57 bits per heavy atom. The standard InChI is InChI=1S/C11H15NOS/c1-13-7-9(12)11-6-8-4-2-3-5-10(8)14-11/h2-5,9,11H,6-7,12H2,1H3. The topological polar surface area (TPSA) is 35.2 Å². The van der Waals surface area contributed by atoms with Gasteiger partial charge in [0.05, 0.1) is 6.61 Å². The Hall–Kier alpha value is -0.510. The SMILES string of the molecule is COCC(N)C1Cc2ccccc2S1. The van der Waals surface area contributed by atoms with Gasteiger partial charge in [0.25, 0.3) is 0 Å². The van der Waals surface area contributed by atoms with Crippen molar-refractivity contribution in [2.45, 2.75) is 22.6 Å². The Bertz CT molecular complexity index is 291. The van der Waals surface area contributed by atoms with Gasteiger partial charge in [-0.25, -0.2) is 0 Å². The molecule has 1 aromatic rings. The first kappa shape index (κ1) is 10.0. The van der Waals surface area contributed by atoms with Crippen molar-refractivity contribution < 1.29 is 4.74 Å². The van der Waals surface area contributed by atoms with Gasteiger partial charge < -0.3 is 10.5 Å². The van der Waals surface area contributed by atoms with Gasteiger partial charge in [-0.15, -0.1) is 11.8 Å². The molecule has 0 saturated carbocycles. The third kappa shape index (κ3) is 1.95. The minimum Gasteiger partial charge on any atom is -0.383 e. The number of rotatable bonds is 3. The lowest BCUT2D eigenvalue weighted by atomic mass is 10.1. The van der Waals surface area contributed by atoms with Crippen LogP contribution in [-0.2, 0) is 11.2 Å². The predicted molar refractivity (Wildman–Crippen MR) is 59.6 cm³/mol. The molecule has 0 saturated heterocycles. The van der Waals surface area contributed by atoms with Crippen molar-refractivity contribution in [2.75, 3.05) is 13.7 Å². The van der Waals surface area contributed by atoms with Crippen LogP contribution in [0.25, 0.3) is 0 Å². The van der Waals surface area contributed by atoms with Crippen molar-refractivity contribution in [1.82, 2.24) is 0 Å². The highest BCUT2D eigenvalue weighted by molar-refractivity contribution is 8.00. The van der Waals surface area contributed by atoms with Crippen LogP contribution in [0.4, 0.5) is 0 Å². The first-order valence-corrected chi connectivity index (χ1v) is 5.68. The Morgan fingerprint density at radius 3 is 3.07 bits per heavy atom. The number of fused-ring (bicyclic) bond motifs is 1. The molecule has 2 unspecified atom stereocenters. The van der Waals surface area contributed by atoms with Gasteiger partial charge in [0.1, 0.15) is 0 Å². The van der Waals surface area contributed by atoms with Crippen molar-refractivity contribution in [3.8, 4) is 0 Å². The van der Waals surface area contributed by atoms with Gasteiger partial charge in [-0.05, 0) is 18.1 Å². The lowest BCUT2D eigenvalue weighted by Gasteiger charge is -2.16. The van der Waals surface area contributed by atoms with Crippen molar-refractivity contribution in [1.29, 1.82) is 0 Å².